The first kappa shape index (κ1) is 21.9. The van der Waals surface area contributed by atoms with Crippen LogP contribution in [0.15, 0.2) is 78.2 Å². The van der Waals surface area contributed by atoms with Crippen LogP contribution >= 0.6 is 11.3 Å². The Hall–Kier alpha value is -2.96. The number of ketones is 1. The predicted molar refractivity (Wildman–Crippen MR) is 127 cm³/mol. The van der Waals surface area contributed by atoms with Crippen LogP contribution in [-0.4, -0.2) is 48.7 Å². The van der Waals surface area contributed by atoms with Gasteiger partial charge in [0.2, 0.25) is 5.78 Å². The fraction of sp³-hybridized carbons (Fsp3) is 0.333. The van der Waals surface area contributed by atoms with Crippen molar-refractivity contribution < 1.29 is 23.5 Å². The predicted octanol–water partition coefficient (Wildman–Crippen LogP) is 5.48. The molecule has 0 radical (unpaired) electrons. The minimum absolute atomic E-state index is 0.180. The van der Waals surface area contributed by atoms with Gasteiger partial charge in [-0.25, -0.2) is 4.79 Å². The second-order valence-electron chi connectivity index (χ2n) is 9.09. The summed E-state index contributed by atoms with van der Waals surface area (Å²) >= 11 is 1.49. The molecule has 2 bridgehead atoms. The van der Waals surface area contributed by atoms with E-state index in [4.69, 9.17) is 9.47 Å². The lowest BCUT2D eigenvalue weighted by molar-refractivity contribution is -0.938. The maximum absolute atomic E-state index is 12.9. The average molecular weight is 463 g/mol. The third-order valence-electron chi connectivity index (χ3n) is 6.98. The summed E-state index contributed by atoms with van der Waals surface area (Å²) in [5, 5.41) is 1.94. The summed E-state index contributed by atoms with van der Waals surface area (Å²) in [7, 11) is 0. The average Bonchev–Trinajstić information content (AvgIpc) is 3.40. The lowest BCUT2D eigenvalue weighted by Crippen LogP contribution is -2.65. The number of benzene rings is 2. The molecule has 0 unspecified atom stereocenters. The zero-order valence-electron chi connectivity index (χ0n) is 18.5. The van der Waals surface area contributed by atoms with Crippen LogP contribution in [0.2, 0.25) is 0 Å². The van der Waals surface area contributed by atoms with Gasteiger partial charge in [-0.15, -0.1) is 11.3 Å². The van der Waals surface area contributed by atoms with Gasteiger partial charge in [0.25, 0.3) is 0 Å². The number of rotatable bonds is 7. The van der Waals surface area contributed by atoms with E-state index in [1.807, 2.05) is 78.2 Å². The van der Waals surface area contributed by atoms with Crippen molar-refractivity contribution in [2.24, 2.45) is 5.92 Å². The third-order valence-corrected chi connectivity index (χ3v) is 7.89. The van der Waals surface area contributed by atoms with E-state index in [2.05, 4.69) is 0 Å². The maximum atomic E-state index is 12.9. The van der Waals surface area contributed by atoms with Crippen LogP contribution in [-0.2, 0) is 9.47 Å². The fourth-order valence-electron chi connectivity index (χ4n) is 5.23. The van der Waals surface area contributed by atoms with Crippen molar-refractivity contribution in [1.29, 1.82) is 0 Å². The van der Waals surface area contributed by atoms with E-state index in [1.54, 1.807) is 0 Å². The van der Waals surface area contributed by atoms with Gasteiger partial charge >= 0.3 is 6.16 Å². The maximum Gasteiger partial charge on any atom is 0.509 e. The minimum atomic E-state index is -0.644. The molecule has 3 aromatic rings. The quantitative estimate of drug-likeness (QED) is 0.265. The minimum Gasteiger partial charge on any atom is -0.425 e. The summed E-state index contributed by atoms with van der Waals surface area (Å²) in [5.41, 5.74) is 1.80. The van der Waals surface area contributed by atoms with Crippen molar-refractivity contribution >= 4 is 23.3 Å². The Bertz CT molecular complexity index is 1040. The molecule has 0 spiro atoms. The zero-order chi connectivity index (χ0) is 22.7. The lowest BCUT2D eigenvalue weighted by Gasteiger charge is -2.51. The van der Waals surface area contributed by atoms with Crippen LogP contribution in [0, 0.1) is 5.92 Å². The highest BCUT2D eigenvalue weighted by molar-refractivity contribution is 7.12. The molecule has 2 aromatic carbocycles. The molecule has 0 saturated carbocycles. The molecule has 3 saturated heterocycles. The van der Waals surface area contributed by atoms with E-state index in [0.717, 1.165) is 41.9 Å². The van der Waals surface area contributed by atoms with Crippen LogP contribution in [0.4, 0.5) is 4.79 Å². The molecule has 3 aliphatic rings. The van der Waals surface area contributed by atoms with Gasteiger partial charge in [0.1, 0.15) is 13.1 Å². The van der Waals surface area contributed by atoms with Gasteiger partial charge in [-0.1, -0.05) is 66.7 Å². The Morgan fingerprint density at radius 1 is 0.909 bits per heavy atom. The van der Waals surface area contributed by atoms with E-state index >= 15 is 0 Å². The number of quaternary nitrogens is 1. The molecule has 5 nitrogen and oxygen atoms in total. The molecule has 0 aliphatic carbocycles. The molecule has 6 rings (SSSR count). The van der Waals surface area contributed by atoms with Crippen LogP contribution < -0.4 is 0 Å². The third kappa shape index (κ3) is 4.87. The Morgan fingerprint density at radius 2 is 1.55 bits per heavy atom. The van der Waals surface area contributed by atoms with Gasteiger partial charge in [-0.3, -0.25) is 4.79 Å². The number of hydrogen-bond acceptors (Lipinski definition) is 5. The Kier molecular flexibility index (Phi) is 6.29. The number of Topliss-reactive ketones (excluding diaryl/α,β-unsaturated/α-hetero) is 1. The van der Waals surface area contributed by atoms with Gasteiger partial charge in [-0.2, -0.15) is 0 Å². The smallest absolute Gasteiger partial charge is 0.425 e. The second kappa shape index (κ2) is 9.49. The van der Waals surface area contributed by atoms with Gasteiger partial charge in [-0.05, 0) is 22.6 Å². The van der Waals surface area contributed by atoms with Gasteiger partial charge in [0, 0.05) is 18.8 Å². The lowest BCUT2D eigenvalue weighted by atomic mass is 9.83. The summed E-state index contributed by atoms with van der Waals surface area (Å²) in [6.45, 7) is 3.08. The normalized spacial score (nSPS) is 23.9. The van der Waals surface area contributed by atoms with Crippen LogP contribution in [0.1, 0.15) is 39.7 Å². The largest absolute Gasteiger partial charge is 0.509 e. The number of carbonyl (C=O) groups is 2. The number of carbonyl (C=O) groups excluding carboxylic acids is 2. The van der Waals surface area contributed by atoms with Crippen molar-refractivity contribution in [2.45, 2.75) is 25.0 Å². The molecular weight excluding hydrogens is 434 g/mol. The Labute approximate surface area is 198 Å². The van der Waals surface area contributed by atoms with Crippen LogP contribution in [0.3, 0.4) is 0 Å². The van der Waals surface area contributed by atoms with Crippen molar-refractivity contribution in [2.75, 3.05) is 26.2 Å². The van der Waals surface area contributed by atoms with E-state index in [-0.39, 0.29) is 11.9 Å². The van der Waals surface area contributed by atoms with Crippen molar-refractivity contribution in [3.8, 4) is 0 Å². The topological polar surface area (TPSA) is 52.6 Å². The molecule has 6 heteroatoms. The van der Waals surface area contributed by atoms with Gasteiger partial charge in [0.05, 0.1) is 18.0 Å². The van der Waals surface area contributed by atoms with Gasteiger partial charge in [0.15, 0.2) is 12.2 Å². The Morgan fingerprint density at radius 3 is 2.12 bits per heavy atom. The van der Waals surface area contributed by atoms with Crippen LogP contribution in [0.25, 0.3) is 0 Å². The Balaban J connectivity index is 1.27. The molecule has 0 amide bonds. The fourth-order valence-corrected chi connectivity index (χ4v) is 5.89. The highest BCUT2D eigenvalue weighted by Crippen LogP contribution is 2.36. The number of fused-ring (bicyclic) bond motifs is 3. The summed E-state index contributed by atoms with van der Waals surface area (Å²) in [6.07, 6.45) is 0.550. The standard InChI is InChI=1S/C27H28NO4S/c29-23(25-12-7-17-33-25)18-28-15-13-20(14-16-28)24(19-28)31-27(30)32-26(21-8-3-1-4-9-21)22-10-5-2-6-11-22/h1-12,17,20,24,26H,13-16,18-19H2/q+1/t20?,24-,28?/m0/s1. The zero-order valence-corrected chi connectivity index (χ0v) is 19.3. The van der Waals surface area contributed by atoms with Crippen LogP contribution in [0.5, 0.6) is 0 Å². The molecule has 3 aliphatic heterocycles. The molecule has 3 fully saturated rings. The van der Waals surface area contributed by atoms with E-state index in [0.29, 0.717) is 23.5 Å². The number of thiophene rings is 1. The number of piperidine rings is 3. The van der Waals surface area contributed by atoms with Crippen molar-refractivity contribution in [3.05, 3.63) is 94.2 Å². The first-order valence-electron chi connectivity index (χ1n) is 11.5. The molecular formula is C27H28NO4S+. The monoisotopic (exact) mass is 462 g/mol. The SMILES string of the molecule is O=C(OC(c1ccccc1)c1ccccc1)O[C@H]1C[N+]2(CC(=O)c3cccs3)CCC1CC2. The van der Waals surface area contributed by atoms with Gasteiger partial charge < -0.3 is 14.0 Å². The molecule has 4 heterocycles. The summed E-state index contributed by atoms with van der Waals surface area (Å²) in [5.74, 6) is 0.515. The first-order chi connectivity index (χ1) is 16.1. The number of ether oxygens (including phenoxy) is 2. The summed E-state index contributed by atoms with van der Waals surface area (Å²) < 4.78 is 12.5. The summed E-state index contributed by atoms with van der Waals surface area (Å²) in [6, 6.07) is 23.2. The molecule has 0 N–H and O–H groups in total. The second-order valence-corrected chi connectivity index (χ2v) is 10.0. The first-order valence-corrected chi connectivity index (χ1v) is 12.4. The number of hydrogen-bond donors (Lipinski definition) is 0. The summed E-state index contributed by atoms with van der Waals surface area (Å²) in [4.78, 5) is 26.6. The number of nitrogens with zero attached hydrogens (tertiary/aromatic N) is 1. The molecule has 1 atom stereocenters. The highest BCUT2D eigenvalue weighted by Gasteiger charge is 2.49. The van der Waals surface area contributed by atoms with E-state index in [9.17, 15) is 9.59 Å². The molecule has 33 heavy (non-hydrogen) atoms. The van der Waals surface area contributed by atoms with Crippen molar-refractivity contribution in [3.63, 3.8) is 0 Å². The molecule has 170 valence electrons. The van der Waals surface area contributed by atoms with E-state index < -0.39 is 12.3 Å². The van der Waals surface area contributed by atoms with Crippen molar-refractivity contribution in [1.82, 2.24) is 0 Å². The molecule has 1 aromatic heterocycles. The van der Waals surface area contributed by atoms with E-state index in [1.165, 1.54) is 11.3 Å². The highest BCUT2D eigenvalue weighted by atomic mass is 32.1.